The smallest absolute Gasteiger partial charge is 0.261 e. The van der Waals surface area contributed by atoms with Crippen molar-refractivity contribution in [2.45, 2.75) is 18.9 Å². The van der Waals surface area contributed by atoms with E-state index < -0.39 is 5.92 Å². The lowest BCUT2D eigenvalue weighted by Gasteiger charge is -2.13. The highest BCUT2D eigenvalue weighted by Crippen LogP contribution is 2.28. The lowest BCUT2D eigenvalue weighted by atomic mass is 10.3. The van der Waals surface area contributed by atoms with Crippen molar-refractivity contribution < 1.29 is 8.78 Å². The van der Waals surface area contributed by atoms with Crippen LogP contribution in [0.2, 0.25) is 0 Å². The first-order valence-electron chi connectivity index (χ1n) is 4.28. The second-order valence-electron chi connectivity index (χ2n) is 3.40. The van der Waals surface area contributed by atoms with Gasteiger partial charge in [-0.2, -0.15) is 0 Å². The molecule has 0 radical (unpaired) electrons. The molecule has 1 aliphatic rings. The van der Waals surface area contributed by atoms with E-state index in [1.807, 2.05) is 22.4 Å². The highest BCUT2D eigenvalue weighted by molar-refractivity contribution is 7.09. The minimum Gasteiger partial charge on any atom is -0.292 e. The normalized spacial score (nSPS) is 22.3. The van der Waals surface area contributed by atoms with Crippen molar-refractivity contribution in [1.82, 2.24) is 4.90 Å². The highest BCUT2D eigenvalue weighted by atomic mass is 32.1. The van der Waals surface area contributed by atoms with E-state index in [4.69, 9.17) is 0 Å². The van der Waals surface area contributed by atoms with E-state index in [1.165, 1.54) is 0 Å². The SMILES string of the molecule is FC1(F)CCN(Cc2cccs2)C1. The summed E-state index contributed by atoms with van der Waals surface area (Å²) in [5.41, 5.74) is 0. The van der Waals surface area contributed by atoms with Gasteiger partial charge in [-0.25, -0.2) is 8.78 Å². The molecule has 1 aromatic rings. The average Bonchev–Trinajstić information content (AvgIpc) is 2.61. The Labute approximate surface area is 80.0 Å². The van der Waals surface area contributed by atoms with Crippen LogP contribution in [-0.2, 0) is 6.54 Å². The Morgan fingerprint density at radius 2 is 2.38 bits per heavy atom. The first-order chi connectivity index (χ1) is 6.16. The number of rotatable bonds is 2. The van der Waals surface area contributed by atoms with Crippen molar-refractivity contribution in [1.29, 1.82) is 0 Å². The summed E-state index contributed by atoms with van der Waals surface area (Å²) < 4.78 is 25.6. The van der Waals surface area contributed by atoms with Gasteiger partial charge in [0.05, 0.1) is 6.54 Å². The van der Waals surface area contributed by atoms with Crippen LogP contribution in [0, 0.1) is 0 Å². The number of alkyl halides is 2. The van der Waals surface area contributed by atoms with Gasteiger partial charge in [-0.15, -0.1) is 11.3 Å². The Bertz CT molecular complexity index is 271. The molecule has 1 fully saturated rings. The first-order valence-corrected chi connectivity index (χ1v) is 5.16. The van der Waals surface area contributed by atoms with Crippen molar-refractivity contribution in [3.63, 3.8) is 0 Å². The van der Waals surface area contributed by atoms with Crippen LogP contribution in [0.3, 0.4) is 0 Å². The third kappa shape index (κ3) is 2.25. The van der Waals surface area contributed by atoms with Gasteiger partial charge in [0.1, 0.15) is 0 Å². The number of nitrogens with zero attached hydrogens (tertiary/aromatic N) is 1. The number of hydrogen-bond acceptors (Lipinski definition) is 2. The number of hydrogen-bond donors (Lipinski definition) is 0. The monoisotopic (exact) mass is 203 g/mol. The first kappa shape index (κ1) is 9.09. The summed E-state index contributed by atoms with van der Waals surface area (Å²) in [7, 11) is 0. The van der Waals surface area contributed by atoms with E-state index in [9.17, 15) is 8.78 Å². The molecular weight excluding hydrogens is 192 g/mol. The molecule has 1 aromatic heterocycles. The average molecular weight is 203 g/mol. The predicted octanol–water partition coefficient (Wildman–Crippen LogP) is 2.59. The molecule has 4 heteroatoms. The molecule has 1 saturated heterocycles. The third-order valence-corrected chi connectivity index (χ3v) is 3.07. The van der Waals surface area contributed by atoms with E-state index in [2.05, 4.69) is 0 Å². The highest BCUT2D eigenvalue weighted by Gasteiger charge is 2.37. The molecule has 0 spiro atoms. The van der Waals surface area contributed by atoms with Gasteiger partial charge < -0.3 is 0 Å². The topological polar surface area (TPSA) is 3.24 Å². The van der Waals surface area contributed by atoms with Crippen LogP contribution < -0.4 is 0 Å². The molecule has 2 rings (SSSR count). The summed E-state index contributed by atoms with van der Waals surface area (Å²) in [5, 5.41) is 1.98. The van der Waals surface area contributed by atoms with Crippen LogP contribution in [0.15, 0.2) is 17.5 Å². The van der Waals surface area contributed by atoms with Crippen molar-refractivity contribution in [2.75, 3.05) is 13.1 Å². The largest absolute Gasteiger partial charge is 0.292 e. The molecule has 0 aliphatic carbocycles. The zero-order valence-corrected chi connectivity index (χ0v) is 7.99. The Morgan fingerprint density at radius 1 is 1.54 bits per heavy atom. The van der Waals surface area contributed by atoms with Crippen molar-refractivity contribution in [2.24, 2.45) is 0 Å². The minimum absolute atomic E-state index is 0.0123. The molecule has 0 atom stereocenters. The van der Waals surface area contributed by atoms with E-state index in [0.717, 1.165) is 4.88 Å². The van der Waals surface area contributed by atoms with Crippen LogP contribution in [0.25, 0.3) is 0 Å². The number of thiophene rings is 1. The van der Waals surface area contributed by atoms with Crippen LogP contribution in [0.4, 0.5) is 8.78 Å². The van der Waals surface area contributed by atoms with E-state index in [0.29, 0.717) is 13.1 Å². The van der Waals surface area contributed by atoms with Gasteiger partial charge >= 0.3 is 0 Å². The second kappa shape index (κ2) is 3.35. The maximum Gasteiger partial charge on any atom is 0.261 e. The molecule has 0 N–H and O–H groups in total. The molecule has 0 saturated carbocycles. The molecule has 0 unspecified atom stereocenters. The number of likely N-dealkylation sites (tertiary alicyclic amines) is 1. The molecule has 1 nitrogen and oxygen atoms in total. The Balaban J connectivity index is 1.91. The van der Waals surface area contributed by atoms with Crippen molar-refractivity contribution in [3.05, 3.63) is 22.4 Å². The van der Waals surface area contributed by atoms with Gasteiger partial charge in [0.25, 0.3) is 5.92 Å². The quantitative estimate of drug-likeness (QED) is 0.714. The lowest BCUT2D eigenvalue weighted by molar-refractivity contribution is 0.0116. The van der Waals surface area contributed by atoms with Gasteiger partial charge in [0.2, 0.25) is 0 Å². The molecule has 1 aliphatic heterocycles. The van der Waals surface area contributed by atoms with Gasteiger partial charge in [0.15, 0.2) is 0 Å². The summed E-state index contributed by atoms with van der Waals surface area (Å²) in [6.07, 6.45) is 0.0123. The second-order valence-corrected chi connectivity index (χ2v) is 4.43. The van der Waals surface area contributed by atoms with E-state index in [-0.39, 0.29) is 13.0 Å². The molecule has 72 valence electrons. The van der Waals surface area contributed by atoms with Gasteiger partial charge in [-0.05, 0) is 11.4 Å². The summed E-state index contributed by atoms with van der Waals surface area (Å²) in [4.78, 5) is 2.98. The standard InChI is InChI=1S/C9H11F2NS/c10-9(11)3-4-12(7-9)6-8-2-1-5-13-8/h1-2,5H,3-4,6-7H2. The maximum atomic E-state index is 12.8. The molecule has 0 amide bonds. The Kier molecular flexibility index (Phi) is 2.34. The van der Waals surface area contributed by atoms with E-state index in [1.54, 1.807) is 11.3 Å². The van der Waals surface area contributed by atoms with Crippen LogP contribution in [0.5, 0.6) is 0 Å². The number of halogens is 2. The molecule has 0 aromatic carbocycles. The summed E-state index contributed by atoms with van der Waals surface area (Å²) in [6.45, 7) is 1.11. The molecule has 2 heterocycles. The molecule has 0 bridgehead atoms. The van der Waals surface area contributed by atoms with Gasteiger partial charge in [-0.1, -0.05) is 6.07 Å². The zero-order chi connectivity index (χ0) is 9.31. The fraction of sp³-hybridized carbons (Fsp3) is 0.556. The third-order valence-electron chi connectivity index (χ3n) is 2.21. The van der Waals surface area contributed by atoms with Gasteiger partial charge in [0, 0.05) is 24.4 Å². The summed E-state index contributed by atoms with van der Waals surface area (Å²) >= 11 is 1.62. The van der Waals surface area contributed by atoms with Crippen molar-refractivity contribution in [3.8, 4) is 0 Å². The van der Waals surface area contributed by atoms with Crippen molar-refractivity contribution >= 4 is 11.3 Å². The summed E-state index contributed by atoms with van der Waals surface area (Å²) in [6, 6.07) is 3.94. The molecule has 13 heavy (non-hydrogen) atoms. The van der Waals surface area contributed by atoms with Crippen LogP contribution >= 0.6 is 11.3 Å². The maximum absolute atomic E-state index is 12.8. The zero-order valence-electron chi connectivity index (χ0n) is 7.17. The Hall–Kier alpha value is -0.480. The van der Waals surface area contributed by atoms with Crippen LogP contribution in [0.1, 0.15) is 11.3 Å². The predicted molar refractivity (Wildman–Crippen MR) is 49.2 cm³/mol. The Morgan fingerprint density at radius 3 is 2.92 bits per heavy atom. The lowest BCUT2D eigenvalue weighted by Crippen LogP contribution is -2.24. The fourth-order valence-corrected chi connectivity index (χ4v) is 2.31. The van der Waals surface area contributed by atoms with E-state index >= 15 is 0 Å². The fourth-order valence-electron chi connectivity index (χ4n) is 1.56. The van der Waals surface area contributed by atoms with Gasteiger partial charge in [-0.3, -0.25) is 4.90 Å². The minimum atomic E-state index is -2.46. The summed E-state index contributed by atoms with van der Waals surface area (Å²) in [5.74, 6) is -2.46. The molecular formula is C9H11F2NS. The van der Waals surface area contributed by atoms with Crippen LogP contribution in [-0.4, -0.2) is 23.9 Å².